The van der Waals surface area contributed by atoms with E-state index in [4.69, 9.17) is 4.42 Å². The van der Waals surface area contributed by atoms with Crippen LogP contribution in [0.4, 0.5) is 0 Å². The van der Waals surface area contributed by atoms with Crippen molar-refractivity contribution in [3.05, 3.63) is 53.0 Å². The Morgan fingerprint density at radius 3 is 2.77 bits per heavy atom. The zero-order valence-electron chi connectivity index (χ0n) is 15.3. The summed E-state index contributed by atoms with van der Waals surface area (Å²) in [6.07, 6.45) is 0. The summed E-state index contributed by atoms with van der Waals surface area (Å²) in [5, 5.41) is 12.5. The van der Waals surface area contributed by atoms with E-state index >= 15 is 0 Å². The van der Waals surface area contributed by atoms with Gasteiger partial charge in [0.25, 0.3) is 0 Å². The van der Waals surface area contributed by atoms with Gasteiger partial charge in [0.1, 0.15) is 11.5 Å². The average Bonchev–Trinajstić information content (AvgIpc) is 3.24. The Bertz CT molecular complexity index is 918. The van der Waals surface area contributed by atoms with Gasteiger partial charge in [0, 0.05) is 7.05 Å². The molecule has 0 atom stereocenters. The molecule has 0 spiro atoms. The molecule has 8 heteroatoms. The number of tetrazole rings is 1. The minimum atomic E-state index is -0.0143. The maximum Gasteiger partial charge on any atom is 0.233 e. The number of carbonyl (C=O) groups excluding carboxylic acids is 1. The first-order chi connectivity index (χ1) is 12.5. The summed E-state index contributed by atoms with van der Waals surface area (Å²) in [5.41, 5.74) is 3.20. The summed E-state index contributed by atoms with van der Waals surface area (Å²) in [7, 11) is 1.76. The summed E-state index contributed by atoms with van der Waals surface area (Å²) in [6.45, 7) is 6.40. The van der Waals surface area contributed by atoms with Crippen LogP contribution in [0.2, 0.25) is 0 Å². The average molecular weight is 371 g/mol. The molecule has 0 aliphatic rings. The minimum absolute atomic E-state index is 0.0143. The lowest BCUT2D eigenvalue weighted by molar-refractivity contribution is -0.127. The molecule has 0 radical (unpaired) electrons. The minimum Gasteiger partial charge on any atom is -0.464 e. The number of rotatable bonds is 6. The summed E-state index contributed by atoms with van der Waals surface area (Å²) in [5.74, 6) is 1.84. The molecule has 1 amide bonds. The molecule has 0 fully saturated rings. The van der Waals surface area contributed by atoms with Crippen molar-refractivity contribution in [2.75, 3.05) is 12.8 Å². The van der Waals surface area contributed by atoms with Crippen molar-refractivity contribution in [2.45, 2.75) is 32.5 Å². The van der Waals surface area contributed by atoms with E-state index in [1.165, 1.54) is 17.3 Å². The number of amides is 1. The predicted molar refractivity (Wildman–Crippen MR) is 99.3 cm³/mol. The second kappa shape index (κ2) is 7.74. The molecule has 0 aliphatic heterocycles. The van der Waals surface area contributed by atoms with Crippen molar-refractivity contribution in [3.63, 3.8) is 0 Å². The Balaban J connectivity index is 1.66. The molecule has 2 aromatic heterocycles. The number of furan rings is 1. The highest BCUT2D eigenvalue weighted by molar-refractivity contribution is 7.99. The van der Waals surface area contributed by atoms with E-state index in [9.17, 15) is 4.79 Å². The van der Waals surface area contributed by atoms with Gasteiger partial charge >= 0.3 is 0 Å². The quantitative estimate of drug-likeness (QED) is 0.620. The van der Waals surface area contributed by atoms with Gasteiger partial charge in [-0.15, -0.1) is 5.10 Å². The molecule has 3 aromatic rings. The summed E-state index contributed by atoms with van der Waals surface area (Å²) >= 11 is 1.32. The number of aryl methyl sites for hydroxylation is 2. The van der Waals surface area contributed by atoms with E-state index in [0.29, 0.717) is 11.7 Å². The molecule has 7 nitrogen and oxygen atoms in total. The van der Waals surface area contributed by atoms with Crippen LogP contribution >= 0.6 is 11.8 Å². The highest BCUT2D eigenvalue weighted by atomic mass is 32.2. The standard InChI is InChI=1S/C18H21N5O2S/c1-12-6-5-7-16(14(12)3)23-18(19-20-21-23)26-11-17(24)22(4)10-15-9-8-13(2)25-15/h5-9H,10-11H2,1-4H3. The first kappa shape index (κ1) is 18.2. The molecular weight excluding hydrogens is 350 g/mol. The first-order valence-electron chi connectivity index (χ1n) is 8.22. The topological polar surface area (TPSA) is 77.1 Å². The van der Waals surface area contributed by atoms with Crippen LogP contribution in [0.3, 0.4) is 0 Å². The monoisotopic (exact) mass is 371 g/mol. The fourth-order valence-corrected chi connectivity index (χ4v) is 3.34. The highest BCUT2D eigenvalue weighted by Crippen LogP contribution is 2.22. The lowest BCUT2D eigenvalue weighted by Crippen LogP contribution is -2.27. The van der Waals surface area contributed by atoms with Crippen LogP contribution in [-0.4, -0.2) is 43.8 Å². The largest absolute Gasteiger partial charge is 0.464 e. The Kier molecular flexibility index (Phi) is 5.41. The van der Waals surface area contributed by atoms with Gasteiger partial charge in [-0.3, -0.25) is 4.79 Å². The lowest BCUT2D eigenvalue weighted by Gasteiger charge is -2.15. The van der Waals surface area contributed by atoms with Gasteiger partial charge in [0.05, 0.1) is 18.0 Å². The van der Waals surface area contributed by atoms with Gasteiger partial charge in [-0.1, -0.05) is 23.9 Å². The summed E-state index contributed by atoms with van der Waals surface area (Å²) in [6, 6.07) is 9.76. The van der Waals surface area contributed by atoms with Crippen molar-refractivity contribution < 1.29 is 9.21 Å². The van der Waals surface area contributed by atoms with E-state index in [0.717, 1.165) is 22.8 Å². The van der Waals surface area contributed by atoms with Crippen LogP contribution in [0.1, 0.15) is 22.6 Å². The molecule has 0 unspecified atom stereocenters. The SMILES string of the molecule is Cc1ccc(CN(C)C(=O)CSc2nnnn2-c2cccc(C)c2C)o1. The molecule has 136 valence electrons. The predicted octanol–water partition coefficient (Wildman–Crippen LogP) is 2.93. The molecule has 0 saturated heterocycles. The van der Waals surface area contributed by atoms with Gasteiger partial charge in [-0.2, -0.15) is 4.68 Å². The zero-order valence-corrected chi connectivity index (χ0v) is 16.1. The molecule has 0 bridgehead atoms. The normalized spacial score (nSPS) is 10.9. The van der Waals surface area contributed by atoms with Gasteiger partial charge < -0.3 is 9.32 Å². The number of benzene rings is 1. The summed E-state index contributed by atoms with van der Waals surface area (Å²) < 4.78 is 7.20. The number of nitrogens with zero attached hydrogens (tertiary/aromatic N) is 5. The van der Waals surface area contributed by atoms with Crippen LogP contribution in [0, 0.1) is 20.8 Å². The van der Waals surface area contributed by atoms with Gasteiger partial charge in [-0.05, 0) is 60.5 Å². The van der Waals surface area contributed by atoms with Gasteiger partial charge in [-0.25, -0.2) is 0 Å². The second-order valence-electron chi connectivity index (χ2n) is 6.14. The Morgan fingerprint density at radius 2 is 2.04 bits per heavy atom. The molecule has 1 aromatic carbocycles. The van der Waals surface area contributed by atoms with Crippen LogP contribution in [0.25, 0.3) is 5.69 Å². The van der Waals surface area contributed by atoms with Crippen molar-refractivity contribution in [3.8, 4) is 5.69 Å². The highest BCUT2D eigenvalue weighted by Gasteiger charge is 2.16. The number of hydrogen-bond donors (Lipinski definition) is 0. The number of carbonyl (C=O) groups is 1. The molecule has 26 heavy (non-hydrogen) atoms. The lowest BCUT2D eigenvalue weighted by atomic mass is 10.1. The fraction of sp³-hybridized carbons (Fsp3) is 0.333. The zero-order chi connectivity index (χ0) is 18.7. The van der Waals surface area contributed by atoms with Gasteiger partial charge in [0.2, 0.25) is 11.1 Å². The number of thioether (sulfide) groups is 1. The van der Waals surface area contributed by atoms with Crippen LogP contribution in [0.15, 0.2) is 39.9 Å². The Hall–Kier alpha value is -2.61. The van der Waals surface area contributed by atoms with Crippen LogP contribution < -0.4 is 0 Å². The van der Waals surface area contributed by atoms with Crippen LogP contribution in [-0.2, 0) is 11.3 Å². The van der Waals surface area contributed by atoms with E-state index in [-0.39, 0.29) is 11.7 Å². The third-order valence-electron chi connectivity index (χ3n) is 4.18. The van der Waals surface area contributed by atoms with E-state index in [1.807, 2.05) is 51.1 Å². The molecule has 2 heterocycles. The summed E-state index contributed by atoms with van der Waals surface area (Å²) in [4.78, 5) is 14.0. The smallest absolute Gasteiger partial charge is 0.233 e. The molecule has 0 aliphatic carbocycles. The van der Waals surface area contributed by atoms with Crippen LogP contribution in [0.5, 0.6) is 0 Å². The number of aromatic nitrogens is 4. The maximum atomic E-state index is 12.4. The molecule has 0 N–H and O–H groups in total. The maximum absolute atomic E-state index is 12.4. The number of hydrogen-bond acceptors (Lipinski definition) is 6. The van der Waals surface area contributed by atoms with E-state index in [1.54, 1.807) is 16.6 Å². The second-order valence-corrected chi connectivity index (χ2v) is 7.09. The third kappa shape index (κ3) is 3.96. The van der Waals surface area contributed by atoms with E-state index < -0.39 is 0 Å². The van der Waals surface area contributed by atoms with E-state index in [2.05, 4.69) is 15.5 Å². The fourth-order valence-electron chi connectivity index (χ4n) is 2.51. The molecule has 3 rings (SSSR count). The van der Waals surface area contributed by atoms with Crippen molar-refractivity contribution in [1.82, 2.24) is 25.1 Å². The Morgan fingerprint density at radius 1 is 1.23 bits per heavy atom. The van der Waals surface area contributed by atoms with Crippen molar-refractivity contribution in [2.24, 2.45) is 0 Å². The molecule has 0 saturated carbocycles. The van der Waals surface area contributed by atoms with Gasteiger partial charge in [0.15, 0.2) is 0 Å². The van der Waals surface area contributed by atoms with Crippen molar-refractivity contribution in [1.29, 1.82) is 0 Å². The Labute approximate surface area is 156 Å². The van der Waals surface area contributed by atoms with Crippen molar-refractivity contribution >= 4 is 17.7 Å². The molecular formula is C18H21N5O2S. The first-order valence-corrected chi connectivity index (χ1v) is 9.21. The third-order valence-corrected chi connectivity index (χ3v) is 5.09.